The van der Waals surface area contributed by atoms with Gasteiger partial charge in [0, 0.05) is 30.9 Å². The van der Waals surface area contributed by atoms with Gasteiger partial charge in [0.25, 0.3) is 0 Å². The molecule has 8 heteroatoms. The zero-order valence-electron chi connectivity index (χ0n) is 22.5. The molecule has 0 unspecified atom stereocenters. The molecule has 3 heterocycles. The molecule has 1 atom stereocenters. The smallest absolute Gasteiger partial charge is 0.141 e. The van der Waals surface area contributed by atoms with Gasteiger partial charge in [0.15, 0.2) is 0 Å². The molecule has 6 rings (SSSR count). The van der Waals surface area contributed by atoms with E-state index in [-0.39, 0.29) is 6.04 Å². The van der Waals surface area contributed by atoms with E-state index in [0.29, 0.717) is 22.9 Å². The molecule has 0 spiro atoms. The summed E-state index contributed by atoms with van der Waals surface area (Å²) in [5.74, 6) is 2.67. The minimum absolute atomic E-state index is 0.175. The summed E-state index contributed by atoms with van der Waals surface area (Å²) in [5.41, 5.74) is 6.37. The van der Waals surface area contributed by atoms with E-state index in [2.05, 4.69) is 38.9 Å². The van der Waals surface area contributed by atoms with Gasteiger partial charge in [-0.25, -0.2) is 4.98 Å². The number of rotatable bonds is 6. The minimum atomic E-state index is 0.175. The summed E-state index contributed by atoms with van der Waals surface area (Å²) in [6, 6.07) is 13.3. The fourth-order valence-corrected chi connectivity index (χ4v) is 6.76. The lowest BCUT2D eigenvalue weighted by Gasteiger charge is -2.33. The number of aryl methyl sites for hydroxylation is 2. The lowest BCUT2D eigenvalue weighted by molar-refractivity contribution is 0.0584. The number of imidazole rings is 1. The van der Waals surface area contributed by atoms with E-state index >= 15 is 0 Å². The van der Waals surface area contributed by atoms with E-state index in [1.54, 1.807) is 7.11 Å². The number of aromatic nitrogens is 3. The van der Waals surface area contributed by atoms with Crippen LogP contribution in [0.4, 0.5) is 5.69 Å². The van der Waals surface area contributed by atoms with E-state index in [1.807, 2.05) is 33.1 Å². The van der Waals surface area contributed by atoms with Gasteiger partial charge in [-0.15, -0.1) is 0 Å². The Hall–Kier alpha value is -3.03. The topological polar surface area (TPSA) is 65.5 Å². The Labute approximate surface area is 228 Å². The second-order valence-electron chi connectivity index (χ2n) is 10.6. The van der Waals surface area contributed by atoms with E-state index in [0.717, 1.165) is 84.7 Å². The Morgan fingerprint density at radius 1 is 1.00 bits per heavy atom. The highest BCUT2D eigenvalue weighted by atomic mass is 35.5. The second-order valence-corrected chi connectivity index (χ2v) is 11.0. The number of anilines is 1. The van der Waals surface area contributed by atoms with Crippen molar-refractivity contribution in [3.05, 3.63) is 58.7 Å². The van der Waals surface area contributed by atoms with Gasteiger partial charge in [0.2, 0.25) is 0 Å². The molecular weight excluding hydrogens is 500 g/mol. The average Bonchev–Trinajstić information content (AvgIpc) is 3.65. The summed E-state index contributed by atoms with van der Waals surface area (Å²) >= 11 is 6.54. The van der Waals surface area contributed by atoms with E-state index < -0.39 is 0 Å². The van der Waals surface area contributed by atoms with Crippen LogP contribution in [-0.4, -0.2) is 41.6 Å². The number of halogens is 1. The van der Waals surface area contributed by atoms with Gasteiger partial charge in [-0.05, 0) is 88.3 Å². The standard InChI is InChI=1S/C30H35ClN4O3/c1-18-29(19(2)38-33-18)20-7-13-26-25(16-20)32-30(35(26)21-8-11-23(36-3)12-9-21)27-6-5-15-34(27)22-10-14-28(37-4)24(31)17-22/h7,10,13-14,16-17,21,23,27H,5-6,8-9,11-12,15H2,1-4H3/t21?,23?,27-/m0/s1. The third kappa shape index (κ3) is 4.35. The quantitative estimate of drug-likeness (QED) is 0.256. The van der Waals surface area contributed by atoms with Crippen LogP contribution in [0, 0.1) is 13.8 Å². The first-order valence-corrected chi connectivity index (χ1v) is 13.9. The molecule has 2 fully saturated rings. The first-order chi connectivity index (χ1) is 18.5. The van der Waals surface area contributed by atoms with Gasteiger partial charge in [-0.3, -0.25) is 0 Å². The average molecular weight is 535 g/mol. The van der Waals surface area contributed by atoms with Crippen molar-refractivity contribution in [2.45, 2.75) is 70.6 Å². The van der Waals surface area contributed by atoms with Crippen LogP contribution >= 0.6 is 11.6 Å². The maximum absolute atomic E-state index is 6.54. The zero-order valence-corrected chi connectivity index (χ0v) is 23.3. The molecule has 0 bridgehead atoms. The summed E-state index contributed by atoms with van der Waals surface area (Å²) in [6.07, 6.45) is 6.82. The zero-order chi connectivity index (χ0) is 26.4. The molecule has 0 amide bonds. The Bertz CT molecular complexity index is 1430. The van der Waals surface area contributed by atoms with Crippen molar-refractivity contribution in [3.63, 3.8) is 0 Å². The van der Waals surface area contributed by atoms with Crippen molar-refractivity contribution >= 4 is 28.3 Å². The van der Waals surface area contributed by atoms with Crippen molar-refractivity contribution < 1.29 is 14.0 Å². The number of fused-ring (bicyclic) bond motifs is 1. The number of methoxy groups -OCH3 is 2. The molecule has 1 aliphatic carbocycles. The van der Waals surface area contributed by atoms with Crippen molar-refractivity contribution in [1.82, 2.24) is 14.7 Å². The van der Waals surface area contributed by atoms with Crippen LogP contribution in [0.25, 0.3) is 22.2 Å². The molecule has 2 aromatic heterocycles. The summed E-state index contributed by atoms with van der Waals surface area (Å²) in [4.78, 5) is 7.81. The van der Waals surface area contributed by atoms with Crippen molar-refractivity contribution in [3.8, 4) is 16.9 Å². The molecule has 1 saturated carbocycles. The molecular formula is C30H35ClN4O3. The maximum atomic E-state index is 6.54. The Balaban J connectivity index is 1.45. The lowest BCUT2D eigenvalue weighted by Crippen LogP contribution is -2.28. The van der Waals surface area contributed by atoms with Gasteiger partial charge in [0.05, 0.1) is 41.0 Å². The van der Waals surface area contributed by atoms with Crippen LogP contribution in [0.15, 0.2) is 40.9 Å². The molecule has 0 radical (unpaired) electrons. The highest BCUT2D eigenvalue weighted by Crippen LogP contribution is 2.43. The maximum Gasteiger partial charge on any atom is 0.141 e. The van der Waals surface area contributed by atoms with Crippen molar-refractivity contribution in [1.29, 1.82) is 0 Å². The van der Waals surface area contributed by atoms with Gasteiger partial charge in [-0.1, -0.05) is 22.8 Å². The van der Waals surface area contributed by atoms with Gasteiger partial charge in [0.1, 0.15) is 17.3 Å². The third-order valence-electron chi connectivity index (χ3n) is 8.40. The number of nitrogens with zero attached hydrogens (tertiary/aromatic N) is 4. The van der Waals surface area contributed by atoms with Crippen LogP contribution in [0.1, 0.15) is 67.9 Å². The second kappa shape index (κ2) is 10.3. The Morgan fingerprint density at radius 2 is 1.82 bits per heavy atom. The molecule has 200 valence electrons. The third-order valence-corrected chi connectivity index (χ3v) is 8.69. The molecule has 1 aliphatic heterocycles. The van der Waals surface area contributed by atoms with Crippen LogP contribution in [0.3, 0.4) is 0 Å². The lowest BCUT2D eigenvalue weighted by atomic mass is 9.92. The highest BCUT2D eigenvalue weighted by Gasteiger charge is 2.34. The highest BCUT2D eigenvalue weighted by molar-refractivity contribution is 6.32. The molecule has 1 saturated heterocycles. The summed E-state index contributed by atoms with van der Waals surface area (Å²) in [6.45, 7) is 4.93. The van der Waals surface area contributed by atoms with E-state index in [4.69, 9.17) is 30.6 Å². The van der Waals surface area contributed by atoms with Gasteiger partial charge >= 0.3 is 0 Å². The summed E-state index contributed by atoms with van der Waals surface area (Å²) < 4.78 is 19.1. The predicted molar refractivity (Wildman–Crippen MR) is 150 cm³/mol. The molecule has 2 aromatic carbocycles. The fourth-order valence-electron chi connectivity index (χ4n) is 6.50. The molecule has 38 heavy (non-hydrogen) atoms. The molecule has 4 aromatic rings. The largest absolute Gasteiger partial charge is 0.495 e. The van der Waals surface area contributed by atoms with Crippen LogP contribution < -0.4 is 9.64 Å². The Kier molecular flexibility index (Phi) is 6.82. The first-order valence-electron chi connectivity index (χ1n) is 13.6. The van der Waals surface area contributed by atoms with E-state index in [1.165, 1.54) is 5.52 Å². The summed E-state index contributed by atoms with van der Waals surface area (Å²) in [7, 11) is 3.48. The van der Waals surface area contributed by atoms with Crippen LogP contribution in [0.5, 0.6) is 5.75 Å². The number of hydrogen-bond donors (Lipinski definition) is 0. The number of benzene rings is 2. The van der Waals surface area contributed by atoms with E-state index in [9.17, 15) is 0 Å². The van der Waals surface area contributed by atoms with Gasteiger partial charge < -0.3 is 23.5 Å². The van der Waals surface area contributed by atoms with Crippen molar-refractivity contribution in [2.24, 2.45) is 0 Å². The fraction of sp³-hybridized carbons (Fsp3) is 0.467. The van der Waals surface area contributed by atoms with Crippen LogP contribution in [-0.2, 0) is 4.74 Å². The number of ether oxygens (including phenoxy) is 2. The van der Waals surface area contributed by atoms with Crippen molar-refractivity contribution in [2.75, 3.05) is 25.7 Å². The monoisotopic (exact) mass is 534 g/mol. The Morgan fingerprint density at radius 3 is 2.50 bits per heavy atom. The first kappa shape index (κ1) is 25.3. The minimum Gasteiger partial charge on any atom is -0.495 e. The normalized spacial score (nSPS) is 21.9. The molecule has 7 nitrogen and oxygen atoms in total. The molecule has 2 aliphatic rings. The summed E-state index contributed by atoms with van der Waals surface area (Å²) in [5, 5.41) is 4.80. The SMILES string of the molecule is COc1ccc(N2CCC[C@H]2c2nc3cc(-c4c(C)noc4C)ccc3n2C2CCC(OC)CC2)cc1Cl. The predicted octanol–water partition coefficient (Wildman–Crippen LogP) is 7.44. The van der Waals surface area contributed by atoms with Crippen LogP contribution in [0.2, 0.25) is 5.02 Å². The number of hydrogen-bond acceptors (Lipinski definition) is 6. The molecule has 0 N–H and O–H groups in total. The van der Waals surface area contributed by atoms with Gasteiger partial charge in [-0.2, -0.15) is 0 Å².